The average Bonchev–Trinajstić information content (AvgIpc) is 2.66. The highest BCUT2D eigenvalue weighted by Gasteiger charge is 2.28. The van der Waals surface area contributed by atoms with E-state index in [-0.39, 0.29) is 25.2 Å². The van der Waals surface area contributed by atoms with Crippen LogP contribution in [-0.4, -0.2) is 26.3 Å². The van der Waals surface area contributed by atoms with E-state index in [1.807, 2.05) is 42.5 Å². The predicted octanol–water partition coefficient (Wildman–Crippen LogP) is 2.97. The van der Waals surface area contributed by atoms with Crippen LogP contribution in [0.5, 0.6) is 0 Å². The van der Waals surface area contributed by atoms with Gasteiger partial charge in [-0.05, 0) is 29.3 Å². The van der Waals surface area contributed by atoms with E-state index in [1.165, 1.54) is 0 Å². The Morgan fingerprint density at radius 3 is 2.77 bits per heavy atom. The molecule has 0 saturated heterocycles. The zero-order valence-corrected chi connectivity index (χ0v) is 13.0. The first-order valence-corrected chi connectivity index (χ1v) is 7.45. The zero-order chi connectivity index (χ0) is 15.5. The minimum atomic E-state index is -0.0827. The van der Waals surface area contributed by atoms with E-state index in [1.54, 1.807) is 18.1 Å². The van der Waals surface area contributed by atoms with E-state index in [9.17, 15) is 4.79 Å². The van der Waals surface area contributed by atoms with Crippen molar-refractivity contribution in [3.8, 4) is 0 Å². The van der Waals surface area contributed by atoms with Crippen molar-refractivity contribution >= 4 is 23.2 Å². The Balaban J connectivity index is 2.12. The third-order valence-electron chi connectivity index (χ3n) is 3.74. The van der Waals surface area contributed by atoms with E-state index in [0.29, 0.717) is 5.02 Å². The minimum Gasteiger partial charge on any atom is -0.364 e. The van der Waals surface area contributed by atoms with Gasteiger partial charge < -0.3 is 4.74 Å². The number of fused-ring (bicyclic) bond motifs is 1. The van der Waals surface area contributed by atoms with E-state index < -0.39 is 0 Å². The number of ether oxygens (including phenoxy) is 1. The number of amides is 1. The smallest absolute Gasteiger partial charge is 0.242 e. The normalized spacial score (nSPS) is 18.0. The lowest BCUT2D eigenvalue weighted by molar-refractivity contribution is -0.118. The predicted molar refractivity (Wildman–Crippen MR) is 87.1 cm³/mol. The van der Waals surface area contributed by atoms with Crippen LogP contribution in [0.25, 0.3) is 0 Å². The lowest BCUT2D eigenvalue weighted by Crippen LogP contribution is -2.37. The van der Waals surface area contributed by atoms with Crippen molar-refractivity contribution in [3.63, 3.8) is 0 Å². The highest BCUT2D eigenvalue weighted by Crippen LogP contribution is 2.34. The van der Waals surface area contributed by atoms with Gasteiger partial charge >= 0.3 is 0 Å². The molecule has 0 aromatic heterocycles. The number of hydrogen-bond donors (Lipinski definition) is 1. The van der Waals surface area contributed by atoms with E-state index >= 15 is 0 Å². The maximum Gasteiger partial charge on any atom is 0.242 e. The molecule has 22 heavy (non-hydrogen) atoms. The number of carbonyl (C=O) groups is 1. The highest BCUT2D eigenvalue weighted by atomic mass is 35.5. The maximum atomic E-state index is 12.4. The van der Waals surface area contributed by atoms with Gasteiger partial charge in [0.15, 0.2) is 0 Å². The average molecular weight is 317 g/mol. The number of halogens is 1. The number of benzene rings is 2. The summed E-state index contributed by atoms with van der Waals surface area (Å²) in [4.78, 5) is 14.0. The Kier molecular flexibility index (Phi) is 4.43. The maximum absolute atomic E-state index is 12.4. The number of hydrogen-bond acceptors (Lipinski definition) is 3. The van der Waals surface area contributed by atoms with E-state index in [4.69, 9.17) is 16.3 Å². The molecule has 0 radical (unpaired) electrons. The number of nitrogens with zero attached hydrogens (tertiary/aromatic N) is 1. The van der Waals surface area contributed by atoms with Gasteiger partial charge in [0.1, 0.15) is 6.73 Å². The molecular weight excluding hydrogens is 300 g/mol. The number of anilines is 1. The summed E-state index contributed by atoms with van der Waals surface area (Å²) in [5.41, 5.74) is 2.90. The second kappa shape index (κ2) is 6.48. The second-order valence-corrected chi connectivity index (χ2v) is 5.60. The zero-order valence-electron chi connectivity index (χ0n) is 12.3. The van der Waals surface area contributed by atoms with Gasteiger partial charge in [-0.15, -0.1) is 0 Å². The summed E-state index contributed by atoms with van der Waals surface area (Å²) in [7, 11) is 1.58. The first-order chi connectivity index (χ1) is 10.7. The molecule has 1 aliphatic rings. The highest BCUT2D eigenvalue weighted by molar-refractivity contribution is 6.30. The van der Waals surface area contributed by atoms with Crippen molar-refractivity contribution in [3.05, 3.63) is 64.7 Å². The van der Waals surface area contributed by atoms with Crippen molar-refractivity contribution in [2.24, 2.45) is 0 Å². The van der Waals surface area contributed by atoms with Crippen molar-refractivity contribution in [2.45, 2.75) is 6.04 Å². The molecule has 3 rings (SSSR count). The van der Waals surface area contributed by atoms with Gasteiger partial charge in [-0.25, -0.2) is 0 Å². The molecule has 1 amide bonds. The molecular formula is C17H17ClN2O2. The molecule has 0 saturated carbocycles. The van der Waals surface area contributed by atoms with E-state index in [0.717, 1.165) is 16.8 Å². The molecule has 2 aromatic rings. The summed E-state index contributed by atoms with van der Waals surface area (Å²) in [6.07, 6.45) is 0. The molecule has 4 nitrogen and oxygen atoms in total. The second-order valence-electron chi connectivity index (χ2n) is 5.17. The van der Waals surface area contributed by atoms with Gasteiger partial charge in [0, 0.05) is 12.1 Å². The van der Waals surface area contributed by atoms with E-state index in [2.05, 4.69) is 5.32 Å². The molecule has 0 aliphatic carbocycles. The Morgan fingerprint density at radius 1 is 1.27 bits per heavy atom. The van der Waals surface area contributed by atoms with Gasteiger partial charge in [-0.3, -0.25) is 15.0 Å². The summed E-state index contributed by atoms with van der Waals surface area (Å²) < 4.78 is 5.18. The molecule has 5 heteroatoms. The SMILES string of the molecule is COCN1C(=O)CNC(c2ccccc2)c2cc(Cl)ccc21. The molecule has 2 aromatic carbocycles. The first kappa shape index (κ1) is 15.0. The summed E-state index contributed by atoms with van der Waals surface area (Å²) in [5.74, 6) is -0.0242. The van der Waals surface area contributed by atoms with Crippen molar-refractivity contribution in [2.75, 3.05) is 25.3 Å². The summed E-state index contributed by atoms with van der Waals surface area (Å²) >= 11 is 6.18. The molecule has 0 spiro atoms. The summed E-state index contributed by atoms with van der Waals surface area (Å²) in [6, 6.07) is 15.5. The largest absolute Gasteiger partial charge is 0.364 e. The van der Waals surface area contributed by atoms with Crippen LogP contribution in [0.15, 0.2) is 48.5 Å². The number of methoxy groups -OCH3 is 1. The monoisotopic (exact) mass is 316 g/mol. The van der Waals surface area contributed by atoms with Gasteiger partial charge in [0.05, 0.1) is 18.3 Å². The van der Waals surface area contributed by atoms with Crippen LogP contribution in [0, 0.1) is 0 Å². The van der Waals surface area contributed by atoms with Crippen LogP contribution >= 0.6 is 11.6 Å². The van der Waals surface area contributed by atoms with Crippen molar-refractivity contribution in [1.82, 2.24) is 5.32 Å². The Morgan fingerprint density at radius 2 is 2.05 bits per heavy atom. The molecule has 0 bridgehead atoms. The van der Waals surface area contributed by atoms with Crippen molar-refractivity contribution in [1.29, 1.82) is 0 Å². The summed E-state index contributed by atoms with van der Waals surface area (Å²) in [6.45, 7) is 0.464. The fraction of sp³-hybridized carbons (Fsp3) is 0.235. The third kappa shape index (κ3) is 2.86. The van der Waals surface area contributed by atoms with Gasteiger partial charge in [-0.2, -0.15) is 0 Å². The Labute approximate surface area is 134 Å². The molecule has 114 valence electrons. The van der Waals surface area contributed by atoms with Crippen LogP contribution in [0.2, 0.25) is 5.02 Å². The van der Waals surface area contributed by atoms with Crippen LogP contribution in [0.1, 0.15) is 17.2 Å². The quantitative estimate of drug-likeness (QED) is 0.946. The number of nitrogens with one attached hydrogen (secondary N) is 1. The fourth-order valence-corrected chi connectivity index (χ4v) is 2.93. The standard InChI is InChI=1S/C17H17ClN2O2/c1-22-11-20-15-8-7-13(18)9-14(15)17(19-10-16(20)21)12-5-3-2-4-6-12/h2-9,17,19H,10-11H2,1H3. The topological polar surface area (TPSA) is 41.6 Å². The molecule has 1 atom stereocenters. The molecule has 1 N–H and O–H groups in total. The molecule has 0 fully saturated rings. The Bertz CT molecular complexity index is 676. The van der Waals surface area contributed by atoms with Gasteiger partial charge in [0.25, 0.3) is 0 Å². The molecule has 1 heterocycles. The van der Waals surface area contributed by atoms with Crippen LogP contribution in [0.4, 0.5) is 5.69 Å². The third-order valence-corrected chi connectivity index (χ3v) is 3.98. The lowest BCUT2D eigenvalue weighted by atomic mass is 9.97. The lowest BCUT2D eigenvalue weighted by Gasteiger charge is -2.23. The number of carbonyl (C=O) groups excluding carboxylic acids is 1. The molecule has 1 aliphatic heterocycles. The minimum absolute atomic E-state index is 0.0242. The number of rotatable bonds is 3. The fourth-order valence-electron chi connectivity index (χ4n) is 2.75. The van der Waals surface area contributed by atoms with Crippen LogP contribution in [-0.2, 0) is 9.53 Å². The van der Waals surface area contributed by atoms with Gasteiger partial charge in [-0.1, -0.05) is 41.9 Å². The summed E-state index contributed by atoms with van der Waals surface area (Å²) in [5, 5.41) is 3.96. The van der Waals surface area contributed by atoms with Crippen LogP contribution < -0.4 is 10.2 Å². The molecule has 1 unspecified atom stereocenters. The first-order valence-electron chi connectivity index (χ1n) is 7.08. The van der Waals surface area contributed by atoms with Crippen LogP contribution in [0.3, 0.4) is 0 Å². The van der Waals surface area contributed by atoms with Gasteiger partial charge in [0.2, 0.25) is 5.91 Å². The van der Waals surface area contributed by atoms with Crippen molar-refractivity contribution < 1.29 is 9.53 Å². The Hall–Kier alpha value is -1.88.